The number of hydrogen-bond donors (Lipinski definition) is 0. The van der Waals surface area contributed by atoms with Crippen LogP contribution in [0.2, 0.25) is 0 Å². The van der Waals surface area contributed by atoms with Gasteiger partial charge in [0.05, 0.1) is 0 Å². The number of hydrogen-bond acceptors (Lipinski definition) is 5. The summed E-state index contributed by atoms with van der Waals surface area (Å²) in [5.41, 5.74) is 11.5. The van der Waals surface area contributed by atoms with E-state index >= 15 is 0 Å². The molecule has 3 heterocycles. The molecule has 56 heavy (non-hydrogen) atoms. The largest absolute Gasteiger partial charge is 0.455 e. The second-order valence-corrected chi connectivity index (χ2v) is 15.1. The van der Waals surface area contributed by atoms with Gasteiger partial charge < -0.3 is 4.42 Å². The van der Waals surface area contributed by atoms with Gasteiger partial charge in [0.15, 0.2) is 17.5 Å². The van der Waals surface area contributed by atoms with Crippen LogP contribution < -0.4 is 0 Å². The fraction of sp³-hybridized carbons (Fsp3) is 0. The van der Waals surface area contributed by atoms with E-state index in [4.69, 9.17) is 19.4 Å². The molecule has 0 fully saturated rings. The van der Waals surface area contributed by atoms with Crippen LogP contribution in [0.4, 0.5) is 0 Å². The van der Waals surface area contributed by atoms with E-state index in [1.165, 1.54) is 42.4 Å². The third-order valence-corrected chi connectivity index (χ3v) is 11.7. The highest BCUT2D eigenvalue weighted by Crippen LogP contribution is 2.40. The number of benzene rings is 8. The predicted octanol–water partition coefficient (Wildman–Crippen LogP) is 14.1. The molecule has 0 saturated carbocycles. The number of furan rings is 1. The molecule has 0 aliphatic rings. The van der Waals surface area contributed by atoms with Gasteiger partial charge in [-0.1, -0.05) is 158 Å². The molecule has 0 amide bonds. The smallest absolute Gasteiger partial charge is 0.164 e. The first-order chi connectivity index (χ1) is 27.7. The highest BCUT2D eigenvalue weighted by atomic mass is 32.1. The van der Waals surface area contributed by atoms with Crippen LogP contribution in [0.3, 0.4) is 0 Å². The standard InChI is InChI=1S/C51H31N3OS/c1-3-11-32(12-4-1)36-15-9-16-37(29-36)38-26-28-46-44(30-38)42-27-25-39(31-47(42)56-46)51-53-49(34-13-5-2-6-14-34)52-50(54-51)35-23-21-33(22-24-35)40-18-10-19-43-41-17-7-8-20-45(41)55-48(40)43/h1-31H. The van der Waals surface area contributed by atoms with Crippen molar-refractivity contribution in [2.45, 2.75) is 0 Å². The summed E-state index contributed by atoms with van der Waals surface area (Å²) in [5.74, 6) is 1.91. The maximum atomic E-state index is 6.35. The Labute approximate surface area is 327 Å². The molecule has 4 nitrogen and oxygen atoms in total. The quantitative estimate of drug-likeness (QED) is 0.171. The van der Waals surface area contributed by atoms with E-state index in [1.54, 1.807) is 11.3 Å². The van der Waals surface area contributed by atoms with Crippen molar-refractivity contribution in [3.8, 4) is 67.5 Å². The number of thiophene rings is 1. The molecule has 0 unspecified atom stereocenters. The summed E-state index contributed by atoms with van der Waals surface area (Å²) in [7, 11) is 0. The summed E-state index contributed by atoms with van der Waals surface area (Å²) < 4.78 is 8.79. The maximum Gasteiger partial charge on any atom is 0.164 e. The van der Waals surface area contributed by atoms with Gasteiger partial charge in [0.25, 0.3) is 0 Å². The van der Waals surface area contributed by atoms with Gasteiger partial charge in [0, 0.05) is 53.2 Å². The van der Waals surface area contributed by atoms with Gasteiger partial charge in [0.1, 0.15) is 11.2 Å². The summed E-state index contributed by atoms with van der Waals surface area (Å²) in [6.07, 6.45) is 0. The Morgan fingerprint density at radius 3 is 1.66 bits per heavy atom. The van der Waals surface area contributed by atoms with Crippen LogP contribution in [0.25, 0.3) is 110 Å². The minimum absolute atomic E-state index is 0.626. The molecule has 0 bridgehead atoms. The van der Waals surface area contributed by atoms with E-state index in [0.717, 1.165) is 49.8 Å². The summed E-state index contributed by atoms with van der Waals surface area (Å²) in [6.45, 7) is 0. The predicted molar refractivity (Wildman–Crippen MR) is 233 cm³/mol. The average molecular weight is 734 g/mol. The maximum absolute atomic E-state index is 6.35. The molecule has 0 saturated heterocycles. The van der Waals surface area contributed by atoms with E-state index in [0.29, 0.717) is 17.5 Å². The molecular formula is C51H31N3OS. The van der Waals surface area contributed by atoms with Crippen molar-refractivity contribution >= 4 is 53.4 Å². The Hall–Kier alpha value is -7.21. The molecule has 3 aromatic heterocycles. The first-order valence-electron chi connectivity index (χ1n) is 18.7. The summed E-state index contributed by atoms with van der Waals surface area (Å²) >= 11 is 1.80. The molecule has 0 N–H and O–H groups in total. The van der Waals surface area contributed by atoms with Crippen LogP contribution in [-0.2, 0) is 0 Å². The SMILES string of the molecule is c1ccc(-c2cccc(-c3ccc4sc5cc(-c6nc(-c7ccccc7)nc(-c7ccc(-c8cccc9c8oc8ccccc89)cc7)n6)ccc5c4c3)c2)cc1. The Balaban J connectivity index is 0.973. The normalized spacial score (nSPS) is 11.6. The third-order valence-electron chi connectivity index (χ3n) is 10.6. The monoisotopic (exact) mass is 733 g/mol. The minimum Gasteiger partial charge on any atom is -0.455 e. The van der Waals surface area contributed by atoms with Crippen molar-refractivity contribution in [3.05, 3.63) is 188 Å². The van der Waals surface area contributed by atoms with Gasteiger partial charge in [-0.25, -0.2) is 15.0 Å². The van der Waals surface area contributed by atoms with Crippen molar-refractivity contribution in [2.75, 3.05) is 0 Å². The van der Waals surface area contributed by atoms with E-state index in [-0.39, 0.29) is 0 Å². The first-order valence-corrected chi connectivity index (χ1v) is 19.5. The lowest BCUT2D eigenvalue weighted by Gasteiger charge is -2.09. The second kappa shape index (κ2) is 13.3. The number of rotatable bonds is 6. The lowest BCUT2D eigenvalue weighted by Crippen LogP contribution is -2.00. The topological polar surface area (TPSA) is 51.8 Å². The Kier molecular flexibility index (Phi) is 7.64. The van der Waals surface area contributed by atoms with Crippen LogP contribution in [0, 0.1) is 0 Å². The van der Waals surface area contributed by atoms with E-state index in [9.17, 15) is 0 Å². The highest BCUT2D eigenvalue weighted by Gasteiger charge is 2.16. The zero-order chi connectivity index (χ0) is 37.0. The van der Waals surface area contributed by atoms with Gasteiger partial charge in [0.2, 0.25) is 0 Å². The molecule has 8 aromatic carbocycles. The Bertz CT molecular complexity index is 3240. The number of fused-ring (bicyclic) bond motifs is 6. The van der Waals surface area contributed by atoms with Gasteiger partial charge in [-0.05, 0) is 58.1 Å². The number of nitrogens with zero attached hydrogens (tertiary/aromatic N) is 3. The highest BCUT2D eigenvalue weighted by molar-refractivity contribution is 7.25. The Morgan fingerprint density at radius 1 is 0.321 bits per heavy atom. The third kappa shape index (κ3) is 5.65. The van der Waals surface area contributed by atoms with Crippen LogP contribution in [-0.4, -0.2) is 15.0 Å². The number of aromatic nitrogens is 3. The molecule has 262 valence electrons. The first kappa shape index (κ1) is 32.2. The van der Waals surface area contributed by atoms with Crippen LogP contribution in [0.5, 0.6) is 0 Å². The van der Waals surface area contributed by atoms with Gasteiger partial charge in [-0.2, -0.15) is 0 Å². The summed E-state index contributed by atoms with van der Waals surface area (Å²) in [4.78, 5) is 15.1. The van der Waals surface area contributed by atoms with Gasteiger partial charge >= 0.3 is 0 Å². The zero-order valence-electron chi connectivity index (χ0n) is 30.1. The van der Waals surface area contributed by atoms with Gasteiger partial charge in [-0.15, -0.1) is 11.3 Å². The molecule has 0 radical (unpaired) electrons. The fourth-order valence-corrected chi connectivity index (χ4v) is 8.85. The number of para-hydroxylation sites is 2. The van der Waals surface area contributed by atoms with Gasteiger partial charge in [-0.3, -0.25) is 0 Å². The average Bonchev–Trinajstić information content (AvgIpc) is 3.85. The van der Waals surface area contributed by atoms with Crippen LogP contribution in [0.1, 0.15) is 0 Å². The molecule has 0 atom stereocenters. The minimum atomic E-state index is 0.626. The zero-order valence-corrected chi connectivity index (χ0v) is 30.9. The van der Waals surface area contributed by atoms with Crippen molar-refractivity contribution in [2.24, 2.45) is 0 Å². The van der Waals surface area contributed by atoms with Crippen LogP contribution >= 0.6 is 11.3 Å². The van der Waals surface area contributed by atoms with Crippen LogP contribution in [0.15, 0.2) is 192 Å². The van der Waals surface area contributed by atoms with Crippen molar-refractivity contribution in [1.29, 1.82) is 0 Å². The van der Waals surface area contributed by atoms with E-state index in [2.05, 4.69) is 146 Å². The van der Waals surface area contributed by atoms with E-state index < -0.39 is 0 Å². The molecule has 11 aromatic rings. The summed E-state index contributed by atoms with van der Waals surface area (Å²) in [6, 6.07) is 65.8. The molecule has 0 aliphatic heterocycles. The lowest BCUT2D eigenvalue weighted by atomic mass is 9.98. The molecule has 5 heteroatoms. The van der Waals surface area contributed by atoms with E-state index in [1.807, 2.05) is 42.5 Å². The molecule has 11 rings (SSSR count). The van der Waals surface area contributed by atoms with Crippen molar-refractivity contribution < 1.29 is 4.42 Å². The summed E-state index contributed by atoms with van der Waals surface area (Å²) in [5, 5.41) is 4.71. The van der Waals surface area contributed by atoms with Crippen molar-refractivity contribution in [1.82, 2.24) is 15.0 Å². The molecular weight excluding hydrogens is 703 g/mol. The lowest BCUT2D eigenvalue weighted by molar-refractivity contribution is 0.670. The second-order valence-electron chi connectivity index (χ2n) is 14.0. The van der Waals surface area contributed by atoms with Crippen molar-refractivity contribution in [3.63, 3.8) is 0 Å². The molecule has 0 aliphatic carbocycles. The fourth-order valence-electron chi connectivity index (χ4n) is 7.73. The molecule has 0 spiro atoms. The Morgan fingerprint density at radius 2 is 0.875 bits per heavy atom.